The van der Waals surface area contributed by atoms with E-state index in [-0.39, 0.29) is 0 Å². The number of nitrogens with one attached hydrogen (secondary N) is 1. The fourth-order valence-electron chi connectivity index (χ4n) is 2.49. The highest BCUT2D eigenvalue weighted by Crippen LogP contribution is 2.38. The van der Waals surface area contributed by atoms with E-state index in [0.717, 1.165) is 32.0 Å². The van der Waals surface area contributed by atoms with E-state index in [2.05, 4.69) is 46.6 Å². The number of likely N-dealkylation sites (N-methyl/N-ethyl adjacent to an activating group) is 1. The number of fused-ring (bicyclic) bond motifs is 3. The van der Waals surface area contributed by atoms with Crippen LogP contribution in [0, 0.1) is 0 Å². The van der Waals surface area contributed by atoms with E-state index in [1.807, 2.05) is 7.05 Å². The Kier molecular flexibility index (Phi) is 3.07. The summed E-state index contributed by atoms with van der Waals surface area (Å²) in [6.07, 6.45) is 0. The van der Waals surface area contributed by atoms with Crippen molar-refractivity contribution in [2.75, 3.05) is 38.2 Å². The molecule has 1 heterocycles. The van der Waals surface area contributed by atoms with Gasteiger partial charge in [0.05, 0.1) is 12.2 Å². The minimum absolute atomic E-state index is 0.769. The molecule has 3 rings (SSSR count). The molecule has 0 saturated heterocycles. The summed E-state index contributed by atoms with van der Waals surface area (Å²) in [7, 11) is 1.99. The fraction of sp³-hybridized carbons (Fsp3) is 0.333. The predicted molar refractivity (Wildman–Crippen MR) is 75.6 cm³/mol. The van der Waals surface area contributed by atoms with Crippen LogP contribution in [0.2, 0.25) is 0 Å². The maximum absolute atomic E-state index is 5.88. The average molecular weight is 242 g/mol. The van der Waals surface area contributed by atoms with Crippen LogP contribution in [-0.2, 0) is 0 Å². The van der Waals surface area contributed by atoms with Crippen LogP contribution in [0.4, 0.5) is 5.69 Å². The largest absolute Gasteiger partial charge is 0.489 e. The van der Waals surface area contributed by atoms with Crippen LogP contribution in [0.3, 0.4) is 0 Å². The van der Waals surface area contributed by atoms with Crippen molar-refractivity contribution >= 4 is 16.5 Å². The molecule has 0 amide bonds. The molecule has 0 atom stereocenters. The van der Waals surface area contributed by atoms with Gasteiger partial charge in [-0.15, -0.1) is 0 Å². The highest BCUT2D eigenvalue weighted by atomic mass is 16.5. The number of nitrogens with zero attached hydrogens (tertiary/aromatic N) is 1. The minimum Gasteiger partial charge on any atom is -0.489 e. The van der Waals surface area contributed by atoms with Crippen molar-refractivity contribution in [2.24, 2.45) is 0 Å². The summed E-state index contributed by atoms with van der Waals surface area (Å²) in [5.41, 5.74) is 1.22. The number of benzene rings is 2. The smallest absolute Gasteiger partial charge is 0.150 e. The van der Waals surface area contributed by atoms with E-state index in [9.17, 15) is 0 Å². The molecule has 0 aliphatic carbocycles. The second-order valence-electron chi connectivity index (χ2n) is 4.57. The van der Waals surface area contributed by atoms with E-state index < -0.39 is 0 Å². The Morgan fingerprint density at radius 3 is 3.00 bits per heavy atom. The third-order valence-electron chi connectivity index (χ3n) is 3.44. The van der Waals surface area contributed by atoms with Gasteiger partial charge in [0.15, 0.2) is 0 Å². The van der Waals surface area contributed by atoms with Gasteiger partial charge in [0, 0.05) is 18.5 Å². The number of rotatable bonds is 3. The summed E-state index contributed by atoms with van der Waals surface area (Å²) < 4.78 is 5.88. The van der Waals surface area contributed by atoms with Crippen molar-refractivity contribution < 1.29 is 4.74 Å². The van der Waals surface area contributed by atoms with Gasteiger partial charge in [-0.25, -0.2) is 0 Å². The predicted octanol–water partition coefficient (Wildman–Crippen LogP) is 2.26. The van der Waals surface area contributed by atoms with Gasteiger partial charge in [0.2, 0.25) is 0 Å². The monoisotopic (exact) mass is 242 g/mol. The van der Waals surface area contributed by atoms with Gasteiger partial charge < -0.3 is 15.0 Å². The quantitative estimate of drug-likeness (QED) is 0.893. The first kappa shape index (κ1) is 11.4. The van der Waals surface area contributed by atoms with E-state index in [1.54, 1.807) is 0 Å². The van der Waals surface area contributed by atoms with Gasteiger partial charge in [-0.3, -0.25) is 0 Å². The summed E-state index contributed by atoms with van der Waals surface area (Å²) in [5, 5.41) is 5.66. The van der Waals surface area contributed by atoms with E-state index in [0.29, 0.717) is 0 Å². The second kappa shape index (κ2) is 4.86. The summed E-state index contributed by atoms with van der Waals surface area (Å²) in [6.45, 7) is 3.75. The van der Waals surface area contributed by atoms with Gasteiger partial charge in [0.1, 0.15) is 12.4 Å². The molecule has 1 N–H and O–H groups in total. The summed E-state index contributed by atoms with van der Waals surface area (Å²) >= 11 is 0. The summed E-state index contributed by atoms with van der Waals surface area (Å²) in [5.74, 6) is 1.04. The van der Waals surface area contributed by atoms with Crippen molar-refractivity contribution in [1.29, 1.82) is 0 Å². The Balaban J connectivity index is 2.05. The molecule has 18 heavy (non-hydrogen) atoms. The first-order valence-electron chi connectivity index (χ1n) is 6.44. The molecule has 2 aromatic rings. The number of ether oxygens (including phenoxy) is 1. The molecule has 0 saturated carbocycles. The van der Waals surface area contributed by atoms with Gasteiger partial charge >= 0.3 is 0 Å². The second-order valence-corrected chi connectivity index (χ2v) is 4.57. The molecule has 94 valence electrons. The Hall–Kier alpha value is -1.74. The molecular weight excluding hydrogens is 224 g/mol. The Morgan fingerprint density at radius 1 is 1.22 bits per heavy atom. The highest BCUT2D eigenvalue weighted by Gasteiger charge is 2.19. The van der Waals surface area contributed by atoms with Crippen molar-refractivity contribution in [2.45, 2.75) is 0 Å². The van der Waals surface area contributed by atoms with Crippen molar-refractivity contribution in [3.63, 3.8) is 0 Å². The van der Waals surface area contributed by atoms with Gasteiger partial charge in [-0.2, -0.15) is 0 Å². The molecular formula is C15H18N2O. The molecule has 0 radical (unpaired) electrons. The maximum atomic E-state index is 5.88. The van der Waals surface area contributed by atoms with Gasteiger partial charge in [-0.05, 0) is 18.5 Å². The van der Waals surface area contributed by atoms with Crippen LogP contribution in [0.25, 0.3) is 10.8 Å². The van der Waals surface area contributed by atoms with Crippen LogP contribution in [0.1, 0.15) is 0 Å². The lowest BCUT2D eigenvalue weighted by molar-refractivity contribution is 0.311. The lowest BCUT2D eigenvalue weighted by Gasteiger charge is -2.32. The Morgan fingerprint density at radius 2 is 2.11 bits per heavy atom. The topological polar surface area (TPSA) is 24.5 Å². The third-order valence-corrected chi connectivity index (χ3v) is 3.44. The zero-order valence-corrected chi connectivity index (χ0v) is 10.6. The van der Waals surface area contributed by atoms with Gasteiger partial charge in [0.25, 0.3) is 0 Å². The van der Waals surface area contributed by atoms with Crippen LogP contribution in [-0.4, -0.2) is 33.3 Å². The molecule has 0 bridgehead atoms. The fourth-order valence-corrected chi connectivity index (χ4v) is 2.49. The highest BCUT2D eigenvalue weighted by molar-refractivity contribution is 5.94. The molecule has 0 unspecified atom stereocenters. The molecule has 2 aromatic carbocycles. The van der Waals surface area contributed by atoms with Crippen molar-refractivity contribution in [1.82, 2.24) is 5.32 Å². The Labute approximate surface area is 107 Å². The lowest BCUT2D eigenvalue weighted by Crippen LogP contribution is -2.37. The molecule has 3 heteroatoms. The number of hydrogen-bond donors (Lipinski definition) is 1. The number of hydrogen-bond acceptors (Lipinski definition) is 3. The third kappa shape index (κ3) is 1.91. The van der Waals surface area contributed by atoms with Crippen LogP contribution < -0.4 is 15.0 Å². The molecule has 0 fully saturated rings. The summed E-state index contributed by atoms with van der Waals surface area (Å²) in [6, 6.07) is 12.7. The Bertz CT molecular complexity index is 553. The first-order chi connectivity index (χ1) is 8.90. The van der Waals surface area contributed by atoms with Crippen molar-refractivity contribution in [3.8, 4) is 5.75 Å². The lowest BCUT2D eigenvalue weighted by atomic mass is 10.1. The van der Waals surface area contributed by atoms with Crippen LogP contribution in [0.5, 0.6) is 5.75 Å². The molecule has 0 aromatic heterocycles. The minimum atomic E-state index is 0.769. The molecule has 1 aliphatic rings. The zero-order valence-electron chi connectivity index (χ0n) is 10.6. The SMILES string of the molecule is CNCCN1CCOc2c1ccc1ccccc21. The van der Waals surface area contributed by atoms with E-state index >= 15 is 0 Å². The zero-order chi connectivity index (χ0) is 12.4. The standard InChI is InChI=1S/C15H18N2O/c1-16-8-9-17-10-11-18-15-13-5-3-2-4-12(13)6-7-14(15)17/h2-7,16H,8-11H2,1H3. The van der Waals surface area contributed by atoms with Crippen LogP contribution >= 0.6 is 0 Å². The normalized spacial score (nSPS) is 14.4. The molecule has 1 aliphatic heterocycles. The molecule has 3 nitrogen and oxygen atoms in total. The van der Waals surface area contributed by atoms with E-state index in [4.69, 9.17) is 4.74 Å². The van der Waals surface area contributed by atoms with Crippen LogP contribution in [0.15, 0.2) is 36.4 Å². The van der Waals surface area contributed by atoms with E-state index in [1.165, 1.54) is 16.5 Å². The first-order valence-corrected chi connectivity index (χ1v) is 6.44. The number of anilines is 1. The average Bonchev–Trinajstić information content (AvgIpc) is 2.44. The molecule has 0 spiro atoms. The maximum Gasteiger partial charge on any atom is 0.150 e. The summed E-state index contributed by atoms with van der Waals surface area (Å²) in [4.78, 5) is 2.39. The van der Waals surface area contributed by atoms with Gasteiger partial charge in [-0.1, -0.05) is 30.3 Å². The van der Waals surface area contributed by atoms with Crippen molar-refractivity contribution in [3.05, 3.63) is 36.4 Å².